The van der Waals surface area contributed by atoms with Gasteiger partial charge in [-0.2, -0.15) is 0 Å². The number of aromatic nitrogens is 2. The molecule has 0 amide bonds. The molecular formula is C26H31N3. The number of benzene rings is 2. The molecule has 3 N–H and O–H groups in total. The Morgan fingerprint density at radius 1 is 0.897 bits per heavy atom. The van der Waals surface area contributed by atoms with Gasteiger partial charge in [0.05, 0.1) is 11.2 Å². The molecule has 4 rings (SSSR count). The van der Waals surface area contributed by atoms with Gasteiger partial charge >= 0.3 is 0 Å². The average Bonchev–Trinajstić information content (AvgIpc) is 3.11. The van der Waals surface area contributed by atoms with Crippen molar-refractivity contribution in [3.05, 3.63) is 65.4 Å². The summed E-state index contributed by atoms with van der Waals surface area (Å²) >= 11 is 0. The van der Waals surface area contributed by atoms with Crippen LogP contribution in [0.3, 0.4) is 0 Å². The van der Waals surface area contributed by atoms with Crippen LogP contribution in [0, 0.1) is 6.92 Å². The van der Waals surface area contributed by atoms with Crippen molar-refractivity contribution < 1.29 is 0 Å². The van der Waals surface area contributed by atoms with E-state index in [1.807, 2.05) is 6.92 Å². The average molecular weight is 386 g/mol. The zero-order valence-corrected chi connectivity index (χ0v) is 17.6. The van der Waals surface area contributed by atoms with Crippen molar-refractivity contribution in [1.82, 2.24) is 9.97 Å². The lowest BCUT2D eigenvalue weighted by Gasteiger charge is -2.09. The van der Waals surface area contributed by atoms with E-state index in [4.69, 9.17) is 10.7 Å². The standard InChI is InChI=1S/C26H31N3/c1-3-4-9-19-10-7-12-22-23(11-5-6-17-27)26(29-25(19)22)21-13-8-14-24-20(21)16-15-18(2)28-24/h7-8,10,12-16,29H,3-6,9,11,17,27H2,1-2H3. The van der Waals surface area contributed by atoms with Crippen molar-refractivity contribution in [3.8, 4) is 11.3 Å². The summed E-state index contributed by atoms with van der Waals surface area (Å²) in [6.07, 6.45) is 6.75. The number of aryl methyl sites for hydroxylation is 3. The Bertz CT molecular complexity index is 1120. The molecule has 3 nitrogen and oxygen atoms in total. The van der Waals surface area contributed by atoms with Gasteiger partial charge in [-0.3, -0.25) is 4.98 Å². The number of para-hydroxylation sites is 1. The molecule has 0 aliphatic rings. The first-order chi connectivity index (χ1) is 14.2. The van der Waals surface area contributed by atoms with Gasteiger partial charge in [-0.05, 0) is 68.8 Å². The molecule has 2 aromatic carbocycles. The first-order valence-corrected chi connectivity index (χ1v) is 10.9. The van der Waals surface area contributed by atoms with Crippen LogP contribution in [0.4, 0.5) is 0 Å². The Kier molecular flexibility index (Phi) is 5.96. The zero-order chi connectivity index (χ0) is 20.2. The highest BCUT2D eigenvalue weighted by molar-refractivity contribution is 6.00. The Morgan fingerprint density at radius 3 is 2.59 bits per heavy atom. The molecular weight excluding hydrogens is 354 g/mol. The second kappa shape index (κ2) is 8.79. The third-order valence-electron chi connectivity index (χ3n) is 5.85. The molecule has 3 heteroatoms. The number of nitrogens with zero attached hydrogens (tertiary/aromatic N) is 1. The van der Waals surface area contributed by atoms with Crippen LogP contribution >= 0.6 is 0 Å². The third kappa shape index (κ3) is 3.92. The van der Waals surface area contributed by atoms with Crippen molar-refractivity contribution in [2.24, 2.45) is 5.73 Å². The Balaban J connectivity index is 1.92. The van der Waals surface area contributed by atoms with Crippen LogP contribution in [0.15, 0.2) is 48.5 Å². The summed E-state index contributed by atoms with van der Waals surface area (Å²) in [5.74, 6) is 0. The van der Waals surface area contributed by atoms with E-state index >= 15 is 0 Å². The number of unbranched alkanes of at least 4 members (excludes halogenated alkanes) is 2. The number of hydrogen-bond acceptors (Lipinski definition) is 2. The number of aromatic amines is 1. The molecule has 0 bridgehead atoms. The number of H-pyrrole nitrogens is 1. The molecule has 150 valence electrons. The largest absolute Gasteiger partial charge is 0.354 e. The fourth-order valence-electron chi connectivity index (χ4n) is 4.32. The fourth-order valence-corrected chi connectivity index (χ4v) is 4.32. The summed E-state index contributed by atoms with van der Waals surface area (Å²) < 4.78 is 0. The second-order valence-electron chi connectivity index (χ2n) is 7.99. The van der Waals surface area contributed by atoms with Gasteiger partial charge in [0.2, 0.25) is 0 Å². The molecule has 0 spiro atoms. The van der Waals surface area contributed by atoms with E-state index in [-0.39, 0.29) is 0 Å². The SMILES string of the molecule is CCCCc1cccc2c(CCCCN)c(-c3cccc4nc(C)ccc34)[nH]c12. The van der Waals surface area contributed by atoms with Crippen LogP contribution in [0.5, 0.6) is 0 Å². The second-order valence-corrected chi connectivity index (χ2v) is 7.99. The number of rotatable bonds is 8. The maximum absolute atomic E-state index is 5.78. The number of hydrogen-bond donors (Lipinski definition) is 2. The van der Waals surface area contributed by atoms with Crippen LogP contribution in [0.2, 0.25) is 0 Å². The summed E-state index contributed by atoms with van der Waals surface area (Å²) in [6, 6.07) is 17.5. The third-order valence-corrected chi connectivity index (χ3v) is 5.85. The monoisotopic (exact) mass is 385 g/mol. The van der Waals surface area contributed by atoms with Crippen LogP contribution < -0.4 is 5.73 Å². The topological polar surface area (TPSA) is 54.7 Å². The molecule has 0 unspecified atom stereocenters. The van der Waals surface area contributed by atoms with Gasteiger partial charge in [-0.25, -0.2) is 0 Å². The Hall–Kier alpha value is -2.65. The van der Waals surface area contributed by atoms with E-state index in [1.165, 1.54) is 51.5 Å². The van der Waals surface area contributed by atoms with Crippen LogP contribution in [0.1, 0.15) is 49.4 Å². The minimum atomic E-state index is 0.747. The molecule has 0 aliphatic heterocycles. The molecule has 0 radical (unpaired) electrons. The molecule has 2 heterocycles. The molecule has 0 saturated carbocycles. The van der Waals surface area contributed by atoms with Gasteiger partial charge in [0, 0.05) is 27.5 Å². The van der Waals surface area contributed by atoms with E-state index < -0.39 is 0 Å². The summed E-state index contributed by atoms with van der Waals surface area (Å²) in [4.78, 5) is 8.58. The predicted molar refractivity (Wildman–Crippen MR) is 124 cm³/mol. The van der Waals surface area contributed by atoms with Crippen LogP contribution in [-0.2, 0) is 12.8 Å². The lowest BCUT2D eigenvalue weighted by atomic mass is 9.96. The van der Waals surface area contributed by atoms with Gasteiger partial charge in [-0.1, -0.05) is 49.7 Å². The first-order valence-electron chi connectivity index (χ1n) is 10.9. The molecule has 4 aromatic rings. The van der Waals surface area contributed by atoms with Gasteiger partial charge in [-0.15, -0.1) is 0 Å². The molecule has 29 heavy (non-hydrogen) atoms. The number of pyridine rings is 1. The highest BCUT2D eigenvalue weighted by atomic mass is 14.7. The quantitative estimate of drug-likeness (QED) is 0.349. The van der Waals surface area contributed by atoms with Gasteiger partial charge in [0.1, 0.15) is 0 Å². The van der Waals surface area contributed by atoms with Crippen molar-refractivity contribution >= 4 is 21.8 Å². The smallest absolute Gasteiger partial charge is 0.0711 e. The van der Waals surface area contributed by atoms with Gasteiger partial charge in [0.15, 0.2) is 0 Å². The number of fused-ring (bicyclic) bond motifs is 2. The van der Waals surface area contributed by atoms with Crippen LogP contribution in [0.25, 0.3) is 33.1 Å². The van der Waals surface area contributed by atoms with E-state index in [2.05, 4.69) is 60.4 Å². The summed E-state index contributed by atoms with van der Waals surface area (Å²) in [5.41, 5.74) is 14.5. The Labute approximate surface area is 173 Å². The predicted octanol–water partition coefficient (Wildman–Crippen LogP) is 6.32. The summed E-state index contributed by atoms with van der Waals surface area (Å²) in [5, 5.41) is 2.57. The van der Waals surface area contributed by atoms with E-state index in [9.17, 15) is 0 Å². The maximum Gasteiger partial charge on any atom is 0.0711 e. The minimum absolute atomic E-state index is 0.747. The molecule has 2 aromatic heterocycles. The minimum Gasteiger partial charge on any atom is -0.354 e. The van der Waals surface area contributed by atoms with E-state index in [0.717, 1.165) is 43.4 Å². The van der Waals surface area contributed by atoms with Gasteiger partial charge < -0.3 is 10.7 Å². The van der Waals surface area contributed by atoms with E-state index in [0.29, 0.717) is 0 Å². The van der Waals surface area contributed by atoms with E-state index in [1.54, 1.807) is 0 Å². The molecule has 0 saturated heterocycles. The van der Waals surface area contributed by atoms with Crippen molar-refractivity contribution in [2.75, 3.05) is 6.54 Å². The molecule has 0 aliphatic carbocycles. The molecule has 0 atom stereocenters. The number of nitrogens with two attached hydrogens (primary N) is 1. The summed E-state index contributed by atoms with van der Waals surface area (Å²) in [7, 11) is 0. The normalized spacial score (nSPS) is 11.6. The lowest BCUT2D eigenvalue weighted by Crippen LogP contribution is -1.99. The molecule has 0 fully saturated rings. The zero-order valence-electron chi connectivity index (χ0n) is 17.6. The highest BCUT2D eigenvalue weighted by Gasteiger charge is 2.17. The van der Waals surface area contributed by atoms with Crippen molar-refractivity contribution in [2.45, 2.75) is 52.4 Å². The number of nitrogens with one attached hydrogen (secondary N) is 1. The lowest BCUT2D eigenvalue weighted by molar-refractivity contribution is 0.748. The van der Waals surface area contributed by atoms with Gasteiger partial charge in [0.25, 0.3) is 0 Å². The Morgan fingerprint density at radius 2 is 1.76 bits per heavy atom. The van der Waals surface area contributed by atoms with Crippen LogP contribution in [-0.4, -0.2) is 16.5 Å². The maximum atomic E-state index is 5.78. The van der Waals surface area contributed by atoms with Crippen molar-refractivity contribution in [3.63, 3.8) is 0 Å². The fraction of sp³-hybridized carbons (Fsp3) is 0.346. The first kappa shape index (κ1) is 19.7. The highest BCUT2D eigenvalue weighted by Crippen LogP contribution is 2.36. The summed E-state index contributed by atoms with van der Waals surface area (Å²) in [6.45, 7) is 5.05. The van der Waals surface area contributed by atoms with Crippen molar-refractivity contribution in [1.29, 1.82) is 0 Å².